The molecule has 242 valence electrons. The third-order valence-electron chi connectivity index (χ3n) is 12.7. The highest BCUT2D eigenvalue weighted by Crippen LogP contribution is 2.68. The number of carbonyl (C=O) groups is 1. The Labute approximate surface area is 261 Å². The zero-order chi connectivity index (χ0) is 31.1. The van der Waals surface area contributed by atoms with E-state index in [1.165, 1.54) is 0 Å². The van der Waals surface area contributed by atoms with Crippen LogP contribution in [-0.2, 0) is 24.3 Å². The summed E-state index contributed by atoms with van der Waals surface area (Å²) in [6, 6.07) is 7.94. The second-order valence-electron chi connectivity index (χ2n) is 15.1. The summed E-state index contributed by atoms with van der Waals surface area (Å²) in [5.41, 5.74) is -0.628. The molecule has 10 atom stereocenters. The Morgan fingerprint density at radius 2 is 1.80 bits per heavy atom. The number of hydrogen-bond donors (Lipinski definition) is 3. The Hall–Kier alpha value is -2.05. The predicted octanol–water partition coefficient (Wildman–Crippen LogP) is 2.77. The number of ether oxygens (including phenoxy) is 2. The lowest BCUT2D eigenvalue weighted by Gasteiger charge is -2.70. The van der Waals surface area contributed by atoms with Gasteiger partial charge in [0.1, 0.15) is 0 Å². The van der Waals surface area contributed by atoms with Crippen LogP contribution in [-0.4, -0.2) is 86.9 Å². The highest BCUT2D eigenvalue weighted by molar-refractivity contribution is 7.89. The summed E-state index contributed by atoms with van der Waals surface area (Å²) in [5, 5.41) is 21.7. The minimum atomic E-state index is -3.87. The van der Waals surface area contributed by atoms with Gasteiger partial charge in [0.25, 0.3) is 0 Å². The van der Waals surface area contributed by atoms with E-state index in [9.17, 15) is 18.3 Å². The van der Waals surface area contributed by atoms with Crippen molar-refractivity contribution < 1.29 is 27.8 Å². The summed E-state index contributed by atoms with van der Waals surface area (Å²) in [7, 11) is -3.87. The molecule has 3 saturated heterocycles. The quantitative estimate of drug-likeness (QED) is 0.468. The maximum Gasteiger partial charge on any atom is 0.241 e. The average Bonchev–Trinajstić information content (AvgIpc) is 3.36. The summed E-state index contributed by atoms with van der Waals surface area (Å²) in [6.45, 7) is 12.1. The molecule has 7 rings (SSSR count). The van der Waals surface area contributed by atoms with Crippen LogP contribution in [0, 0.1) is 40.4 Å². The van der Waals surface area contributed by atoms with Crippen LogP contribution < -0.4 is 10.0 Å². The number of hydrogen-bond acceptors (Lipinski definition) is 8. The van der Waals surface area contributed by atoms with Gasteiger partial charge in [-0.15, -0.1) is 0 Å². The highest BCUT2D eigenvalue weighted by atomic mass is 32.2. The van der Waals surface area contributed by atoms with Gasteiger partial charge in [-0.25, -0.2) is 13.1 Å². The van der Waals surface area contributed by atoms with Crippen molar-refractivity contribution in [3.05, 3.63) is 30.3 Å². The van der Waals surface area contributed by atoms with Crippen LogP contribution in [0.15, 0.2) is 40.3 Å². The van der Waals surface area contributed by atoms with Crippen LogP contribution in [0.4, 0.5) is 0 Å². The van der Waals surface area contributed by atoms with Crippen molar-refractivity contribution in [2.75, 3.05) is 32.8 Å². The summed E-state index contributed by atoms with van der Waals surface area (Å²) >= 11 is 0. The van der Waals surface area contributed by atoms with Gasteiger partial charge in [-0.3, -0.25) is 9.80 Å². The average molecular weight is 629 g/mol. The molecule has 11 heteroatoms. The van der Waals surface area contributed by atoms with Gasteiger partial charge in [0.15, 0.2) is 0 Å². The zero-order valence-electron chi connectivity index (χ0n) is 26.4. The fourth-order valence-electron chi connectivity index (χ4n) is 10.2. The fourth-order valence-corrected chi connectivity index (χ4v) is 11.4. The van der Waals surface area contributed by atoms with Gasteiger partial charge in [0.05, 0.1) is 60.8 Å². The molecule has 1 amide bonds. The number of hydrazone groups is 1. The van der Waals surface area contributed by atoms with Gasteiger partial charge in [0.2, 0.25) is 15.9 Å². The Morgan fingerprint density at radius 1 is 1.07 bits per heavy atom. The molecule has 3 N–H and O–H groups in total. The predicted molar refractivity (Wildman–Crippen MR) is 165 cm³/mol. The normalized spacial score (nSPS) is 44.2. The zero-order valence-corrected chi connectivity index (χ0v) is 27.2. The molecule has 10 nitrogen and oxygen atoms in total. The van der Waals surface area contributed by atoms with Crippen LogP contribution in [0.25, 0.3) is 0 Å². The topological polar surface area (TPSA) is 130 Å². The van der Waals surface area contributed by atoms with E-state index in [0.717, 1.165) is 25.0 Å². The molecule has 3 aliphatic heterocycles. The number of aliphatic hydroxyl groups is 1. The van der Waals surface area contributed by atoms with E-state index in [-0.39, 0.29) is 46.0 Å². The Balaban J connectivity index is 1.35. The van der Waals surface area contributed by atoms with Crippen molar-refractivity contribution in [1.29, 1.82) is 0 Å². The molecule has 3 aliphatic carbocycles. The lowest BCUT2D eigenvalue weighted by Crippen LogP contribution is -2.75. The molecule has 3 heterocycles. The summed E-state index contributed by atoms with van der Waals surface area (Å²) < 4.78 is 44.2. The van der Waals surface area contributed by atoms with Crippen LogP contribution >= 0.6 is 0 Å². The Bertz CT molecular complexity index is 1410. The maximum absolute atomic E-state index is 13.9. The van der Waals surface area contributed by atoms with Crippen LogP contribution in [0.1, 0.15) is 59.8 Å². The van der Waals surface area contributed by atoms with Crippen molar-refractivity contribution in [2.24, 2.45) is 45.5 Å². The van der Waals surface area contributed by atoms with Gasteiger partial charge in [-0.05, 0) is 61.5 Å². The van der Waals surface area contributed by atoms with Gasteiger partial charge in [0, 0.05) is 29.7 Å². The maximum atomic E-state index is 13.9. The number of rotatable bonds is 4. The van der Waals surface area contributed by atoms with Crippen molar-refractivity contribution in [3.8, 4) is 0 Å². The fraction of sp³-hybridized carbons (Fsp3) is 0.758. The Kier molecular flexibility index (Phi) is 7.48. The van der Waals surface area contributed by atoms with Gasteiger partial charge >= 0.3 is 0 Å². The number of fused-ring (bicyclic) bond motifs is 3. The van der Waals surface area contributed by atoms with Crippen molar-refractivity contribution >= 4 is 21.6 Å². The number of nitrogens with zero attached hydrogens (tertiary/aromatic N) is 2. The number of sulfonamides is 1. The number of benzene rings is 1. The molecule has 44 heavy (non-hydrogen) atoms. The van der Waals surface area contributed by atoms with Crippen molar-refractivity contribution in [2.45, 2.75) is 88.5 Å². The lowest BCUT2D eigenvalue weighted by molar-refractivity contribution is -0.319. The van der Waals surface area contributed by atoms with E-state index in [2.05, 4.69) is 37.7 Å². The minimum absolute atomic E-state index is 0.00121. The van der Waals surface area contributed by atoms with Gasteiger partial charge < -0.3 is 19.9 Å². The minimum Gasteiger partial charge on any atom is -0.393 e. The van der Waals surface area contributed by atoms with Crippen LogP contribution in [0.3, 0.4) is 0 Å². The molecule has 0 aromatic heterocycles. The molecule has 0 bridgehead atoms. The molecule has 1 aromatic rings. The third kappa shape index (κ3) is 4.59. The number of nitrogens with one attached hydrogen (secondary N) is 2. The molecule has 6 aliphatic rings. The van der Waals surface area contributed by atoms with E-state index in [1.54, 1.807) is 24.3 Å². The molecule has 3 saturated carbocycles. The van der Waals surface area contributed by atoms with E-state index in [0.29, 0.717) is 51.6 Å². The number of aliphatic hydroxyl groups excluding tert-OH is 1. The third-order valence-corrected chi connectivity index (χ3v) is 14.2. The van der Waals surface area contributed by atoms with Crippen LogP contribution in [0.2, 0.25) is 0 Å². The first-order valence-corrected chi connectivity index (χ1v) is 18.0. The Morgan fingerprint density at radius 3 is 2.52 bits per heavy atom. The smallest absolute Gasteiger partial charge is 0.241 e. The molecule has 0 radical (unpaired) electrons. The van der Waals surface area contributed by atoms with Crippen LogP contribution in [0.5, 0.6) is 0 Å². The number of morpholine rings is 1. The summed E-state index contributed by atoms with van der Waals surface area (Å²) in [6.07, 6.45) is 2.81. The van der Waals surface area contributed by atoms with Crippen molar-refractivity contribution in [3.63, 3.8) is 0 Å². The van der Waals surface area contributed by atoms with E-state index < -0.39 is 33.2 Å². The molecule has 1 spiro atoms. The molecular weight excluding hydrogens is 580 g/mol. The first kappa shape index (κ1) is 30.6. The highest BCUT2D eigenvalue weighted by Gasteiger charge is 2.71. The SMILES string of the molecule is CC1CCC2C(C)(C)C(=NN3CCOCC3)C(NS(=O)(=O)c3ccccc3)CC23OC2C(CC13C)C(O)CC1C(=O)NCC12. The second kappa shape index (κ2) is 10.8. The van der Waals surface area contributed by atoms with E-state index in [4.69, 9.17) is 14.6 Å². The number of amides is 1. The monoisotopic (exact) mass is 628 g/mol. The van der Waals surface area contributed by atoms with Gasteiger partial charge in [-0.2, -0.15) is 5.10 Å². The van der Waals surface area contributed by atoms with E-state index in [1.807, 2.05) is 11.1 Å². The first-order chi connectivity index (χ1) is 20.9. The lowest BCUT2D eigenvalue weighted by atomic mass is 9.41. The largest absolute Gasteiger partial charge is 0.393 e. The van der Waals surface area contributed by atoms with Gasteiger partial charge in [-0.1, -0.05) is 45.9 Å². The summed E-state index contributed by atoms with van der Waals surface area (Å²) in [5.74, 6) is 0.0807. The summed E-state index contributed by atoms with van der Waals surface area (Å²) in [4.78, 5) is 13.0. The standard InChI is InChI=1S/C33H48N4O6S/c1-20-10-11-27-31(2,3)29(35-37-12-14-42-15-13-37)25(36-44(40,41)21-8-6-5-7-9-21)18-33(27)32(20,4)17-23-26(38)16-22-24(28(23)43-33)19-34-30(22)39/h5-9,20,22-28,36,38H,10-19H2,1-4H3,(H,34,39). The molecular formula is C33H48N4O6S. The molecule has 10 unspecified atom stereocenters. The number of carbonyl (C=O) groups excluding carboxylic acids is 1. The van der Waals surface area contributed by atoms with Crippen molar-refractivity contribution in [1.82, 2.24) is 15.0 Å². The van der Waals surface area contributed by atoms with E-state index >= 15 is 0 Å². The molecule has 1 aromatic carbocycles. The second-order valence-corrected chi connectivity index (χ2v) is 16.8. The first-order valence-electron chi connectivity index (χ1n) is 16.5. The molecule has 6 fully saturated rings.